The Kier molecular flexibility index (Phi) is 9.84. The third kappa shape index (κ3) is 8.30. The Labute approximate surface area is 183 Å². The van der Waals surface area contributed by atoms with Crippen LogP contribution < -0.4 is 15.2 Å². The molecule has 0 saturated carbocycles. The van der Waals surface area contributed by atoms with Gasteiger partial charge in [-0.3, -0.25) is 0 Å². The highest BCUT2D eigenvalue weighted by Gasteiger charge is 2.17. The Morgan fingerprint density at radius 1 is 0.774 bits per heavy atom. The van der Waals surface area contributed by atoms with E-state index in [2.05, 4.69) is 0 Å². The van der Waals surface area contributed by atoms with Gasteiger partial charge >= 0.3 is 11.9 Å². The van der Waals surface area contributed by atoms with Crippen molar-refractivity contribution in [2.24, 2.45) is 5.73 Å². The van der Waals surface area contributed by atoms with Crippen molar-refractivity contribution in [3.8, 4) is 11.5 Å². The summed E-state index contributed by atoms with van der Waals surface area (Å²) in [7, 11) is 0. The lowest BCUT2D eigenvalue weighted by Crippen LogP contribution is -2.19. The number of benzene rings is 2. The second kappa shape index (κ2) is 12.6. The van der Waals surface area contributed by atoms with Crippen molar-refractivity contribution in [3.05, 3.63) is 59.7 Å². The second-order valence-corrected chi connectivity index (χ2v) is 7.09. The van der Waals surface area contributed by atoms with Crippen molar-refractivity contribution in [1.29, 1.82) is 0 Å². The van der Waals surface area contributed by atoms with Crippen LogP contribution in [-0.2, 0) is 19.1 Å². The molecule has 0 aromatic heterocycles. The number of carbonyl (C=O) groups excluding carboxylic acids is 2. The number of esters is 2. The molecule has 2 aromatic carbocycles. The SMILES string of the molecule is CCOC(=O)COc1ccc(C(CC(C)N)c2ccc(OCC(=O)OCC)cc2)cc1. The van der Waals surface area contributed by atoms with E-state index in [4.69, 9.17) is 24.7 Å². The Hall–Kier alpha value is -3.06. The summed E-state index contributed by atoms with van der Waals surface area (Å²) in [5.74, 6) is 0.481. The third-order valence-corrected chi connectivity index (χ3v) is 4.50. The average Bonchev–Trinajstić information content (AvgIpc) is 2.76. The topological polar surface area (TPSA) is 97.1 Å². The minimum absolute atomic E-state index is 0.00415. The van der Waals surface area contributed by atoms with Crippen molar-refractivity contribution < 1.29 is 28.5 Å². The van der Waals surface area contributed by atoms with E-state index in [-0.39, 0.29) is 25.2 Å². The van der Waals surface area contributed by atoms with Crippen LogP contribution in [0.2, 0.25) is 0 Å². The van der Waals surface area contributed by atoms with Gasteiger partial charge in [-0.15, -0.1) is 0 Å². The highest BCUT2D eigenvalue weighted by Crippen LogP contribution is 2.31. The minimum atomic E-state index is -0.397. The van der Waals surface area contributed by atoms with Gasteiger partial charge in [0.25, 0.3) is 0 Å². The van der Waals surface area contributed by atoms with Crippen molar-refractivity contribution >= 4 is 11.9 Å². The van der Waals surface area contributed by atoms with E-state index in [0.717, 1.165) is 17.5 Å². The zero-order chi connectivity index (χ0) is 22.6. The predicted molar refractivity (Wildman–Crippen MR) is 117 cm³/mol. The molecule has 2 rings (SSSR count). The number of carbonyl (C=O) groups is 2. The van der Waals surface area contributed by atoms with Gasteiger partial charge in [0.15, 0.2) is 13.2 Å². The molecule has 0 spiro atoms. The molecule has 0 heterocycles. The predicted octanol–water partition coefficient (Wildman–Crippen LogP) is 3.44. The number of ether oxygens (including phenoxy) is 4. The quantitative estimate of drug-likeness (QED) is 0.516. The fourth-order valence-corrected chi connectivity index (χ4v) is 3.12. The summed E-state index contributed by atoms with van der Waals surface area (Å²) in [6.45, 7) is 5.89. The largest absolute Gasteiger partial charge is 0.482 e. The van der Waals surface area contributed by atoms with Crippen molar-refractivity contribution in [2.75, 3.05) is 26.4 Å². The molecule has 31 heavy (non-hydrogen) atoms. The Morgan fingerprint density at radius 3 is 1.48 bits per heavy atom. The van der Waals surface area contributed by atoms with Crippen LogP contribution in [0.1, 0.15) is 44.2 Å². The molecule has 7 heteroatoms. The van der Waals surface area contributed by atoms with Crippen LogP contribution in [0.15, 0.2) is 48.5 Å². The number of hydrogen-bond acceptors (Lipinski definition) is 7. The summed E-state index contributed by atoms with van der Waals surface area (Å²) < 4.78 is 20.7. The van der Waals surface area contributed by atoms with Gasteiger partial charge in [-0.25, -0.2) is 9.59 Å². The van der Waals surface area contributed by atoms with Crippen LogP contribution >= 0.6 is 0 Å². The zero-order valence-electron chi connectivity index (χ0n) is 18.3. The van der Waals surface area contributed by atoms with Crippen LogP contribution in [0, 0.1) is 0 Å². The lowest BCUT2D eigenvalue weighted by molar-refractivity contribution is -0.146. The van der Waals surface area contributed by atoms with Crippen molar-refractivity contribution in [2.45, 2.75) is 39.2 Å². The molecule has 2 N–H and O–H groups in total. The summed E-state index contributed by atoms with van der Waals surface area (Å²) in [4.78, 5) is 22.9. The lowest BCUT2D eigenvalue weighted by Gasteiger charge is -2.21. The van der Waals surface area contributed by atoms with Gasteiger partial charge in [-0.1, -0.05) is 24.3 Å². The first-order chi connectivity index (χ1) is 14.9. The fourth-order valence-electron chi connectivity index (χ4n) is 3.12. The van der Waals surface area contributed by atoms with Crippen LogP contribution in [0.4, 0.5) is 0 Å². The Bertz CT molecular complexity index is 751. The number of hydrogen-bond donors (Lipinski definition) is 1. The molecule has 1 unspecified atom stereocenters. The van der Waals surface area contributed by atoms with E-state index in [9.17, 15) is 9.59 Å². The van der Waals surface area contributed by atoms with Gasteiger partial charge in [0.2, 0.25) is 0 Å². The van der Waals surface area contributed by atoms with Crippen molar-refractivity contribution in [1.82, 2.24) is 0 Å². The normalized spacial score (nSPS) is 11.6. The standard InChI is InChI=1S/C24H31NO6/c1-4-28-23(26)15-30-20-10-6-18(7-11-20)22(14-17(3)25)19-8-12-21(13-9-19)31-16-24(27)29-5-2/h6-13,17,22H,4-5,14-16,25H2,1-3H3. The smallest absolute Gasteiger partial charge is 0.344 e. The Morgan fingerprint density at radius 2 is 1.16 bits per heavy atom. The molecule has 0 saturated heterocycles. The molecule has 0 aliphatic carbocycles. The summed E-state index contributed by atoms with van der Waals surface area (Å²) in [5, 5.41) is 0. The molecule has 0 radical (unpaired) electrons. The number of rotatable bonds is 12. The van der Waals surface area contributed by atoms with E-state index >= 15 is 0 Å². The highest BCUT2D eigenvalue weighted by molar-refractivity contribution is 5.71. The maximum Gasteiger partial charge on any atom is 0.344 e. The van der Waals surface area contributed by atoms with Crippen LogP contribution in [-0.4, -0.2) is 44.4 Å². The first kappa shape index (κ1) is 24.2. The fraction of sp³-hybridized carbons (Fsp3) is 0.417. The summed E-state index contributed by atoms with van der Waals surface area (Å²) in [6.07, 6.45) is 0.756. The summed E-state index contributed by atoms with van der Waals surface area (Å²) >= 11 is 0. The molecular weight excluding hydrogens is 398 g/mol. The molecule has 0 fully saturated rings. The van der Waals surface area contributed by atoms with Gasteiger partial charge < -0.3 is 24.7 Å². The van der Waals surface area contributed by atoms with Crippen LogP contribution in [0.25, 0.3) is 0 Å². The van der Waals surface area contributed by atoms with Gasteiger partial charge in [-0.2, -0.15) is 0 Å². The highest BCUT2D eigenvalue weighted by atomic mass is 16.6. The Balaban J connectivity index is 2.07. The molecule has 0 aliphatic rings. The van der Waals surface area contributed by atoms with Crippen LogP contribution in [0.5, 0.6) is 11.5 Å². The molecule has 7 nitrogen and oxygen atoms in total. The zero-order valence-corrected chi connectivity index (χ0v) is 18.3. The minimum Gasteiger partial charge on any atom is -0.482 e. The summed E-state index contributed by atoms with van der Waals surface area (Å²) in [5.41, 5.74) is 8.26. The molecule has 1 atom stereocenters. The van der Waals surface area contributed by atoms with E-state index in [1.54, 1.807) is 13.8 Å². The third-order valence-electron chi connectivity index (χ3n) is 4.50. The van der Waals surface area contributed by atoms with E-state index < -0.39 is 11.9 Å². The lowest BCUT2D eigenvalue weighted by atomic mass is 9.86. The van der Waals surface area contributed by atoms with Gasteiger partial charge in [0, 0.05) is 12.0 Å². The van der Waals surface area contributed by atoms with E-state index in [1.165, 1.54) is 0 Å². The molecule has 0 bridgehead atoms. The maximum atomic E-state index is 11.4. The molecule has 2 aromatic rings. The first-order valence-electron chi connectivity index (χ1n) is 10.4. The summed E-state index contributed by atoms with van der Waals surface area (Å²) in [6, 6.07) is 15.2. The first-order valence-corrected chi connectivity index (χ1v) is 10.4. The van der Waals surface area contributed by atoms with Gasteiger partial charge in [0.1, 0.15) is 11.5 Å². The molecular formula is C24H31NO6. The molecule has 0 amide bonds. The van der Waals surface area contributed by atoms with Crippen LogP contribution in [0.3, 0.4) is 0 Å². The van der Waals surface area contributed by atoms with Gasteiger partial charge in [-0.05, 0) is 62.6 Å². The maximum absolute atomic E-state index is 11.4. The molecule has 0 aliphatic heterocycles. The second-order valence-electron chi connectivity index (χ2n) is 7.09. The molecule has 168 valence electrons. The number of nitrogens with two attached hydrogens (primary N) is 1. The van der Waals surface area contributed by atoms with Crippen molar-refractivity contribution in [3.63, 3.8) is 0 Å². The van der Waals surface area contributed by atoms with E-state index in [1.807, 2.05) is 55.5 Å². The average molecular weight is 430 g/mol. The van der Waals surface area contributed by atoms with Gasteiger partial charge in [0.05, 0.1) is 13.2 Å². The monoisotopic (exact) mass is 429 g/mol. The van der Waals surface area contributed by atoms with E-state index in [0.29, 0.717) is 24.7 Å².